The third-order valence-corrected chi connectivity index (χ3v) is 3.61. The van der Waals surface area contributed by atoms with Gasteiger partial charge in [-0.05, 0) is 43.7 Å². The molecule has 0 atom stereocenters. The molecule has 1 aromatic carbocycles. The molecule has 0 aliphatic heterocycles. The van der Waals surface area contributed by atoms with E-state index in [1.165, 1.54) is 0 Å². The molecule has 1 N–H and O–H groups in total. The summed E-state index contributed by atoms with van der Waals surface area (Å²) in [4.78, 5) is 15.9. The van der Waals surface area contributed by atoms with Crippen LogP contribution in [-0.2, 0) is 4.79 Å². The van der Waals surface area contributed by atoms with Crippen LogP contribution in [0.15, 0.2) is 47.7 Å². The molecule has 0 saturated heterocycles. The zero-order valence-electron chi connectivity index (χ0n) is 13.1. The first-order valence-corrected chi connectivity index (χ1v) is 8.14. The molecular formula is C17H17Cl2N3O2. The minimum Gasteiger partial charge on any atom is -0.492 e. The highest BCUT2D eigenvalue weighted by Gasteiger charge is 2.05. The Bertz CT molecular complexity index is 721. The van der Waals surface area contributed by atoms with Gasteiger partial charge in [0.1, 0.15) is 5.75 Å². The number of nitrogens with one attached hydrogen (secondary N) is 1. The van der Waals surface area contributed by atoms with Crippen LogP contribution in [0, 0.1) is 0 Å². The Hall–Kier alpha value is -2.11. The number of hydrogen-bond donors (Lipinski definition) is 1. The van der Waals surface area contributed by atoms with Gasteiger partial charge in [-0.3, -0.25) is 9.78 Å². The third kappa shape index (κ3) is 5.83. The summed E-state index contributed by atoms with van der Waals surface area (Å²) in [5.74, 6) is 0.363. The fourth-order valence-electron chi connectivity index (χ4n) is 1.84. The van der Waals surface area contributed by atoms with Gasteiger partial charge >= 0.3 is 0 Å². The Labute approximate surface area is 150 Å². The molecule has 0 aliphatic carbocycles. The third-order valence-electron chi connectivity index (χ3n) is 3.08. The number of carbonyl (C=O) groups excluding carboxylic acids is 1. The normalized spacial score (nSPS) is 11.2. The number of carbonyl (C=O) groups is 1. The van der Waals surface area contributed by atoms with Gasteiger partial charge in [0.05, 0.1) is 23.0 Å². The minimum atomic E-state index is -0.184. The first kappa shape index (κ1) is 18.2. The lowest BCUT2D eigenvalue weighted by atomic mass is 10.3. The standard InChI is InChI=1S/C17H17Cl2N3O2/c1-12(15-5-2-3-9-20-15)21-22-17(23)6-4-10-24-16-8-7-13(18)11-14(16)19/h2-3,5,7-9,11H,4,6,10H2,1H3,(H,22,23). The van der Waals surface area contributed by atoms with E-state index in [0.29, 0.717) is 41.0 Å². The van der Waals surface area contributed by atoms with Crippen LogP contribution in [0.2, 0.25) is 10.0 Å². The lowest BCUT2D eigenvalue weighted by Gasteiger charge is -2.08. The first-order valence-electron chi connectivity index (χ1n) is 7.38. The van der Waals surface area contributed by atoms with Gasteiger partial charge < -0.3 is 4.74 Å². The summed E-state index contributed by atoms with van der Waals surface area (Å²) in [5.41, 5.74) is 3.88. The number of pyridine rings is 1. The fourth-order valence-corrected chi connectivity index (χ4v) is 2.31. The lowest BCUT2D eigenvalue weighted by Crippen LogP contribution is -2.20. The van der Waals surface area contributed by atoms with Crippen LogP contribution < -0.4 is 10.2 Å². The Balaban J connectivity index is 1.72. The Kier molecular flexibility index (Phi) is 7.03. The van der Waals surface area contributed by atoms with E-state index >= 15 is 0 Å². The Morgan fingerprint density at radius 2 is 2.12 bits per heavy atom. The van der Waals surface area contributed by atoms with Crippen LogP contribution in [0.3, 0.4) is 0 Å². The molecular weight excluding hydrogens is 349 g/mol. The summed E-state index contributed by atoms with van der Waals surface area (Å²) in [6.45, 7) is 2.16. The largest absolute Gasteiger partial charge is 0.492 e. The molecule has 5 nitrogen and oxygen atoms in total. The van der Waals surface area contributed by atoms with Gasteiger partial charge in [0, 0.05) is 17.6 Å². The second kappa shape index (κ2) is 9.25. The van der Waals surface area contributed by atoms with Crippen molar-refractivity contribution in [2.24, 2.45) is 5.10 Å². The van der Waals surface area contributed by atoms with Gasteiger partial charge in [-0.15, -0.1) is 0 Å². The molecule has 0 unspecified atom stereocenters. The maximum absolute atomic E-state index is 11.8. The molecule has 1 aromatic heterocycles. The molecule has 1 heterocycles. The van der Waals surface area contributed by atoms with Crippen LogP contribution in [0.1, 0.15) is 25.5 Å². The second-order valence-electron chi connectivity index (χ2n) is 4.97. The summed E-state index contributed by atoms with van der Waals surface area (Å²) in [5, 5.41) is 5.03. The SMILES string of the molecule is CC(=NNC(=O)CCCOc1ccc(Cl)cc1Cl)c1ccccn1. The fraction of sp³-hybridized carbons (Fsp3) is 0.235. The predicted molar refractivity (Wildman–Crippen MR) is 95.8 cm³/mol. The number of ether oxygens (including phenoxy) is 1. The van der Waals surface area contributed by atoms with Crippen molar-refractivity contribution < 1.29 is 9.53 Å². The van der Waals surface area contributed by atoms with Crippen molar-refractivity contribution in [2.45, 2.75) is 19.8 Å². The monoisotopic (exact) mass is 365 g/mol. The van der Waals surface area contributed by atoms with Crippen molar-refractivity contribution in [1.82, 2.24) is 10.4 Å². The Morgan fingerprint density at radius 3 is 2.83 bits per heavy atom. The number of nitrogens with zero attached hydrogens (tertiary/aromatic N) is 2. The molecule has 0 spiro atoms. The van der Waals surface area contributed by atoms with Crippen LogP contribution >= 0.6 is 23.2 Å². The number of aromatic nitrogens is 1. The number of halogens is 2. The summed E-state index contributed by atoms with van der Waals surface area (Å²) in [6.07, 6.45) is 2.52. The van der Waals surface area contributed by atoms with Gasteiger partial charge in [-0.25, -0.2) is 5.43 Å². The van der Waals surface area contributed by atoms with Gasteiger partial charge in [0.2, 0.25) is 5.91 Å². The van der Waals surface area contributed by atoms with Crippen molar-refractivity contribution in [3.8, 4) is 5.75 Å². The zero-order valence-corrected chi connectivity index (χ0v) is 14.6. The topological polar surface area (TPSA) is 63.6 Å². The second-order valence-corrected chi connectivity index (χ2v) is 5.82. The van der Waals surface area contributed by atoms with E-state index in [1.807, 2.05) is 18.2 Å². The van der Waals surface area contributed by atoms with Crippen molar-refractivity contribution >= 4 is 34.8 Å². The smallest absolute Gasteiger partial charge is 0.240 e. The highest BCUT2D eigenvalue weighted by Crippen LogP contribution is 2.27. The molecule has 1 amide bonds. The van der Waals surface area contributed by atoms with E-state index in [1.54, 1.807) is 31.3 Å². The number of hydrogen-bond acceptors (Lipinski definition) is 4. The number of rotatable bonds is 7. The van der Waals surface area contributed by atoms with Gasteiger partial charge in [-0.1, -0.05) is 29.3 Å². The molecule has 0 bridgehead atoms. The van der Waals surface area contributed by atoms with Crippen LogP contribution in [0.25, 0.3) is 0 Å². The Morgan fingerprint density at radius 1 is 1.29 bits per heavy atom. The molecule has 0 saturated carbocycles. The van der Waals surface area contributed by atoms with Crippen molar-refractivity contribution in [2.75, 3.05) is 6.61 Å². The highest BCUT2D eigenvalue weighted by molar-refractivity contribution is 6.35. The van der Waals surface area contributed by atoms with Crippen molar-refractivity contribution in [3.05, 3.63) is 58.3 Å². The number of amides is 1. The molecule has 0 radical (unpaired) electrons. The number of hydrazone groups is 1. The lowest BCUT2D eigenvalue weighted by molar-refractivity contribution is -0.121. The molecule has 7 heteroatoms. The predicted octanol–water partition coefficient (Wildman–Crippen LogP) is 4.09. The van der Waals surface area contributed by atoms with E-state index in [4.69, 9.17) is 27.9 Å². The van der Waals surface area contributed by atoms with Crippen molar-refractivity contribution in [3.63, 3.8) is 0 Å². The summed E-state index contributed by atoms with van der Waals surface area (Å²) in [7, 11) is 0. The van der Waals surface area contributed by atoms with E-state index < -0.39 is 0 Å². The first-order chi connectivity index (χ1) is 11.6. The van der Waals surface area contributed by atoms with E-state index in [0.717, 1.165) is 5.69 Å². The molecule has 0 aliphatic rings. The van der Waals surface area contributed by atoms with E-state index in [-0.39, 0.29) is 5.91 Å². The highest BCUT2D eigenvalue weighted by atomic mass is 35.5. The zero-order chi connectivity index (χ0) is 17.4. The van der Waals surface area contributed by atoms with E-state index in [2.05, 4.69) is 15.5 Å². The summed E-state index contributed by atoms with van der Waals surface area (Å²) >= 11 is 11.8. The maximum atomic E-state index is 11.8. The quantitative estimate of drug-likeness (QED) is 0.456. The van der Waals surface area contributed by atoms with Gasteiger partial charge in [-0.2, -0.15) is 5.10 Å². The van der Waals surface area contributed by atoms with Gasteiger partial charge in [0.15, 0.2) is 0 Å². The van der Waals surface area contributed by atoms with Crippen molar-refractivity contribution in [1.29, 1.82) is 0 Å². The molecule has 24 heavy (non-hydrogen) atoms. The van der Waals surface area contributed by atoms with Crippen LogP contribution in [0.4, 0.5) is 0 Å². The summed E-state index contributed by atoms with van der Waals surface area (Å²) in [6, 6.07) is 10.5. The maximum Gasteiger partial charge on any atom is 0.240 e. The average Bonchev–Trinajstić information content (AvgIpc) is 2.59. The van der Waals surface area contributed by atoms with Gasteiger partial charge in [0.25, 0.3) is 0 Å². The summed E-state index contributed by atoms with van der Waals surface area (Å²) < 4.78 is 5.52. The average molecular weight is 366 g/mol. The van der Waals surface area contributed by atoms with E-state index in [9.17, 15) is 4.79 Å². The minimum absolute atomic E-state index is 0.184. The van der Waals surface area contributed by atoms with Crippen LogP contribution in [-0.4, -0.2) is 23.2 Å². The molecule has 2 rings (SSSR count). The number of benzene rings is 1. The molecule has 126 valence electrons. The molecule has 0 fully saturated rings. The molecule has 2 aromatic rings. The van der Waals surface area contributed by atoms with Crippen LogP contribution in [0.5, 0.6) is 5.75 Å².